The zero-order valence-electron chi connectivity index (χ0n) is 22.5. The van der Waals surface area contributed by atoms with Crippen molar-refractivity contribution in [2.45, 2.75) is 25.8 Å². The van der Waals surface area contributed by atoms with Crippen LogP contribution in [0.15, 0.2) is 140 Å². The third kappa shape index (κ3) is 3.97. The van der Waals surface area contributed by atoms with E-state index < -0.39 is 8.07 Å². The highest BCUT2D eigenvalue weighted by atomic mass is 28.3. The zero-order valence-corrected chi connectivity index (χ0v) is 23.5. The van der Waals surface area contributed by atoms with Gasteiger partial charge in [-0.2, -0.15) is 0 Å². The van der Waals surface area contributed by atoms with Crippen molar-refractivity contribution < 1.29 is 4.79 Å². The van der Waals surface area contributed by atoms with Gasteiger partial charge in [-0.05, 0) is 45.2 Å². The lowest BCUT2D eigenvalue weighted by Crippen LogP contribution is -2.74. The number of hydrogen-bond donors (Lipinski definition) is 0. The summed E-state index contributed by atoms with van der Waals surface area (Å²) in [6.45, 7) is 0.764. The lowest BCUT2D eigenvalue weighted by Gasteiger charge is -2.34. The Balaban J connectivity index is 1.37. The molecule has 6 aromatic rings. The largest absolute Gasteiger partial charge is 0.339 e. The summed E-state index contributed by atoms with van der Waals surface area (Å²) in [6, 6.07) is 50.8. The molecule has 0 fully saturated rings. The summed E-state index contributed by atoms with van der Waals surface area (Å²) in [5.74, 6) is 0.288. The number of rotatable bonds is 6. The number of carbonyl (C=O) groups excluding carboxylic acids is 1. The monoisotopic (exact) mass is 533 g/mol. The predicted molar refractivity (Wildman–Crippen MR) is 168 cm³/mol. The van der Waals surface area contributed by atoms with E-state index in [1.165, 1.54) is 32.0 Å². The Morgan fingerprint density at radius 3 is 1.62 bits per heavy atom. The highest BCUT2D eigenvalue weighted by Gasteiger charge is 2.41. The van der Waals surface area contributed by atoms with Crippen molar-refractivity contribution in [2.24, 2.45) is 0 Å². The predicted octanol–water partition coefficient (Wildman–Crippen LogP) is 5.59. The van der Waals surface area contributed by atoms with Crippen LogP contribution >= 0.6 is 0 Å². The Morgan fingerprint density at radius 2 is 1.05 bits per heavy atom. The molecule has 0 spiro atoms. The molecule has 3 heteroatoms. The van der Waals surface area contributed by atoms with Crippen molar-refractivity contribution in [3.05, 3.63) is 156 Å². The Kier molecular flexibility index (Phi) is 6.29. The fourth-order valence-corrected chi connectivity index (χ4v) is 11.5. The SMILES string of the molecule is O=C1CCCc2c1c1ccccc1n2Cc1ccc([Si](c2ccccc2)(c2ccccc2)c2ccccc2)cc1. The van der Waals surface area contributed by atoms with E-state index >= 15 is 0 Å². The second kappa shape index (κ2) is 10.3. The van der Waals surface area contributed by atoms with Crippen molar-refractivity contribution in [1.82, 2.24) is 4.57 Å². The molecule has 194 valence electrons. The topological polar surface area (TPSA) is 22.0 Å². The van der Waals surface area contributed by atoms with Gasteiger partial charge in [-0.1, -0.05) is 133 Å². The molecule has 2 nitrogen and oxygen atoms in total. The van der Waals surface area contributed by atoms with E-state index in [-0.39, 0.29) is 5.78 Å². The van der Waals surface area contributed by atoms with Crippen molar-refractivity contribution in [1.29, 1.82) is 0 Å². The van der Waals surface area contributed by atoms with Crippen LogP contribution in [-0.4, -0.2) is 18.4 Å². The molecule has 0 N–H and O–H groups in total. The molecule has 0 aliphatic heterocycles. The normalized spacial score (nSPS) is 13.3. The number of aromatic nitrogens is 1. The van der Waals surface area contributed by atoms with E-state index in [9.17, 15) is 4.79 Å². The van der Waals surface area contributed by atoms with Gasteiger partial charge in [-0.15, -0.1) is 0 Å². The van der Waals surface area contributed by atoms with Gasteiger partial charge in [0.05, 0.1) is 0 Å². The summed E-state index contributed by atoms with van der Waals surface area (Å²) in [5.41, 5.74) is 4.56. The maximum Gasteiger partial charge on any atom is 0.179 e. The van der Waals surface area contributed by atoms with Crippen LogP contribution in [0.2, 0.25) is 0 Å². The summed E-state index contributed by atoms with van der Waals surface area (Å²) < 4.78 is 2.38. The standard InChI is InChI=1S/C37H31NOSi/c39-36-22-12-21-35-37(36)33-19-10-11-20-34(33)38(35)27-28-23-25-32(26-24-28)40(29-13-4-1-5-14-29,30-15-6-2-7-16-30)31-17-8-3-9-18-31/h1-11,13-20,23-26H,12,21-22,27H2. The van der Waals surface area contributed by atoms with Gasteiger partial charge >= 0.3 is 0 Å². The summed E-state index contributed by atoms with van der Waals surface area (Å²) in [5, 5.41) is 6.61. The number of Topliss-reactive ketones (excluding diaryl/α,β-unsaturated/α-hetero) is 1. The van der Waals surface area contributed by atoms with Gasteiger partial charge in [0.15, 0.2) is 13.9 Å². The van der Waals surface area contributed by atoms with Crippen LogP contribution in [0.4, 0.5) is 0 Å². The summed E-state index contributed by atoms with van der Waals surface area (Å²) in [6.07, 6.45) is 2.54. The first kappa shape index (κ1) is 24.6. The van der Waals surface area contributed by atoms with Gasteiger partial charge in [0.1, 0.15) is 0 Å². The van der Waals surface area contributed by atoms with Crippen LogP contribution in [0, 0.1) is 0 Å². The third-order valence-corrected chi connectivity index (χ3v) is 13.3. The molecule has 1 aliphatic carbocycles. The van der Waals surface area contributed by atoms with Gasteiger partial charge in [0.2, 0.25) is 0 Å². The minimum absolute atomic E-state index is 0.288. The molecule has 7 rings (SSSR count). The molecule has 0 amide bonds. The van der Waals surface area contributed by atoms with E-state index in [4.69, 9.17) is 0 Å². The average molecular weight is 534 g/mol. The van der Waals surface area contributed by atoms with E-state index in [0.29, 0.717) is 6.42 Å². The molecular weight excluding hydrogens is 502 g/mol. The second-order valence-corrected chi connectivity index (χ2v) is 14.6. The lowest BCUT2D eigenvalue weighted by molar-refractivity contribution is 0.0973. The van der Waals surface area contributed by atoms with Crippen LogP contribution in [0.1, 0.15) is 34.5 Å². The van der Waals surface area contributed by atoms with Crippen molar-refractivity contribution >= 4 is 45.5 Å². The summed E-state index contributed by atoms with van der Waals surface area (Å²) in [7, 11) is -2.53. The van der Waals surface area contributed by atoms with Crippen LogP contribution < -0.4 is 20.7 Å². The number of para-hydroxylation sites is 1. The fourth-order valence-electron chi connectivity index (χ4n) is 6.76. The van der Waals surface area contributed by atoms with Gasteiger partial charge < -0.3 is 4.57 Å². The number of fused-ring (bicyclic) bond motifs is 3. The van der Waals surface area contributed by atoms with E-state index in [2.05, 4.69) is 138 Å². The van der Waals surface area contributed by atoms with Crippen LogP contribution in [0.5, 0.6) is 0 Å². The Labute approximate surface area is 236 Å². The first-order valence-electron chi connectivity index (χ1n) is 14.2. The van der Waals surface area contributed by atoms with Crippen molar-refractivity contribution in [3.8, 4) is 0 Å². The molecule has 1 heterocycles. The molecule has 0 bridgehead atoms. The van der Waals surface area contributed by atoms with Gasteiger partial charge in [0.25, 0.3) is 0 Å². The number of ketones is 1. The highest BCUT2D eigenvalue weighted by molar-refractivity contribution is 7.19. The molecule has 1 aliphatic rings. The summed E-state index contributed by atoms with van der Waals surface area (Å²) in [4.78, 5) is 12.9. The molecule has 0 radical (unpaired) electrons. The molecular formula is C37H31NOSi. The van der Waals surface area contributed by atoms with Crippen molar-refractivity contribution in [2.75, 3.05) is 0 Å². The molecule has 0 saturated heterocycles. The van der Waals surface area contributed by atoms with Gasteiger partial charge in [-0.3, -0.25) is 4.79 Å². The molecule has 0 unspecified atom stereocenters. The van der Waals surface area contributed by atoms with E-state index in [1.807, 2.05) is 6.07 Å². The molecule has 0 atom stereocenters. The van der Waals surface area contributed by atoms with Crippen molar-refractivity contribution in [3.63, 3.8) is 0 Å². The average Bonchev–Trinajstić information content (AvgIpc) is 3.34. The highest BCUT2D eigenvalue weighted by Crippen LogP contribution is 2.32. The number of nitrogens with zero attached hydrogens (tertiary/aromatic N) is 1. The van der Waals surface area contributed by atoms with E-state index in [0.717, 1.165) is 35.9 Å². The minimum Gasteiger partial charge on any atom is -0.339 e. The zero-order chi connectivity index (χ0) is 26.9. The summed E-state index contributed by atoms with van der Waals surface area (Å²) >= 11 is 0. The Morgan fingerprint density at radius 1 is 0.550 bits per heavy atom. The molecule has 40 heavy (non-hydrogen) atoms. The van der Waals surface area contributed by atoms with Gasteiger partial charge in [0, 0.05) is 35.1 Å². The molecule has 1 aromatic heterocycles. The van der Waals surface area contributed by atoms with Crippen LogP contribution in [0.3, 0.4) is 0 Å². The van der Waals surface area contributed by atoms with Gasteiger partial charge in [-0.25, -0.2) is 0 Å². The van der Waals surface area contributed by atoms with Crippen LogP contribution in [-0.2, 0) is 13.0 Å². The maximum absolute atomic E-state index is 12.9. The number of carbonyl (C=O) groups is 1. The first-order chi connectivity index (χ1) is 19.8. The fraction of sp³-hybridized carbons (Fsp3) is 0.108. The Bertz CT molecular complexity index is 1690. The third-order valence-electron chi connectivity index (χ3n) is 8.52. The first-order valence-corrected chi connectivity index (χ1v) is 16.2. The Hall–Kier alpha value is -4.47. The smallest absolute Gasteiger partial charge is 0.179 e. The minimum atomic E-state index is -2.53. The lowest BCUT2D eigenvalue weighted by atomic mass is 9.94. The number of benzene rings is 5. The molecule has 0 saturated carbocycles. The maximum atomic E-state index is 12.9. The second-order valence-electron chi connectivity index (χ2n) is 10.7. The van der Waals surface area contributed by atoms with Crippen LogP contribution in [0.25, 0.3) is 10.9 Å². The van der Waals surface area contributed by atoms with E-state index in [1.54, 1.807) is 0 Å². The number of hydrogen-bond acceptors (Lipinski definition) is 1. The molecule has 5 aromatic carbocycles. The quantitative estimate of drug-likeness (QED) is 0.202.